The first kappa shape index (κ1) is 14.9. The minimum Gasteiger partial charge on any atom is -0.481 e. The van der Waals surface area contributed by atoms with Crippen LogP contribution >= 0.6 is 11.6 Å². The monoisotopic (exact) mass is 295 g/mol. The molecule has 0 aromatic heterocycles. The van der Waals surface area contributed by atoms with Crippen LogP contribution < -0.4 is 0 Å². The zero-order chi connectivity index (χ0) is 14.7. The predicted molar refractivity (Wildman–Crippen MR) is 77.1 cm³/mol. The number of nitrogens with zero attached hydrogens (tertiary/aromatic N) is 1. The molecule has 1 N–H and O–H groups in total. The van der Waals surface area contributed by atoms with E-state index in [0.29, 0.717) is 30.1 Å². The van der Waals surface area contributed by atoms with Crippen molar-refractivity contribution in [3.8, 4) is 0 Å². The van der Waals surface area contributed by atoms with Gasteiger partial charge < -0.3 is 10.0 Å². The maximum absolute atomic E-state index is 12.3. The van der Waals surface area contributed by atoms with E-state index in [4.69, 9.17) is 16.7 Å². The number of hydrogen-bond acceptors (Lipinski definition) is 2. The second-order valence-corrected chi connectivity index (χ2v) is 5.71. The highest BCUT2D eigenvalue weighted by Crippen LogP contribution is 2.24. The van der Waals surface area contributed by atoms with Gasteiger partial charge in [-0.25, -0.2) is 0 Å². The number of benzene rings is 1. The van der Waals surface area contributed by atoms with E-state index in [1.54, 1.807) is 17.0 Å². The minimum absolute atomic E-state index is 0.0234. The fourth-order valence-corrected chi connectivity index (χ4v) is 2.67. The van der Waals surface area contributed by atoms with Gasteiger partial charge in [0.25, 0.3) is 5.91 Å². The van der Waals surface area contributed by atoms with E-state index in [9.17, 15) is 9.59 Å². The van der Waals surface area contributed by atoms with E-state index in [-0.39, 0.29) is 18.2 Å². The molecule has 1 aliphatic rings. The molecule has 108 valence electrons. The van der Waals surface area contributed by atoms with Crippen molar-refractivity contribution in [1.29, 1.82) is 0 Å². The Hall–Kier alpha value is -1.55. The lowest BCUT2D eigenvalue weighted by atomic mass is 10.0. The number of carboxylic acid groups (broad SMARTS) is 1. The van der Waals surface area contributed by atoms with Crippen LogP contribution in [0.5, 0.6) is 0 Å². The van der Waals surface area contributed by atoms with Crippen LogP contribution in [0, 0.1) is 12.8 Å². The van der Waals surface area contributed by atoms with E-state index in [2.05, 4.69) is 0 Å². The lowest BCUT2D eigenvalue weighted by Crippen LogP contribution is -2.28. The molecule has 1 saturated heterocycles. The first-order chi connectivity index (χ1) is 9.47. The fraction of sp³-hybridized carbons (Fsp3) is 0.467. The van der Waals surface area contributed by atoms with Crippen molar-refractivity contribution < 1.29 is 14.7 Å². The van der Waals surface area contributed by atoms with Gasteiger partial charge >= 0.3 is 5.97 Å². The lowest BCUT2D eigenvalue weighted by Gasteiger charge is -2.17. The maximum Gasteiger partial charge on any atom is 0.303 e. The number of rotatable bonds is 4. The predicted octanol–water partition coefficient (Wildman–Crippen LogP) is 2.98. The van der Waals surface area contributed by atoms with Crippen molar-refractivity contribution in [2.75, 3.05) is 13.1 Å². The van der Waals surface area contributed by atoms with Gasteiger partial charge in [0, 0.05) is 30.1 Å². The third-order valence-corrected chi connectivity index (χ3v) is 4.17. The Morgan fingerprint density at radius 1 is 1.45 bits per heavy atom. The fourth-order valence-electron chi connectivity index (χ4n) is 2.49. The summed E-state index contributed by atoms with van der Waals surface area (Å²) in [5.41, 5.74) is 1.54. The largest absolute Gasteiger partial charge is 0.481 e. The summed E-state index contributed by atoms with van der Waals surface area (Å²) in [5.74, 6) is -0.513. The third-order valence-electron chi connectivity index (χ3n) is 3.76. The summed E-state index contributed by atoms with van der Waals surface area (Å²) >= 11 is 6.04. The number of carbonyl (C=O) groups excluding carboxylic acids is 1. The molecule has 20 heavy (non-hydrogen) atoms. The number of aryl methyl sites for hydroxylation is 1. The zero-order valence-electron chi connectivity index (χ0n) is 11.4. The van der Waals surface area contributed by atoms with E-state index in [0.717, 1.165) is 12.0 Å². The van der Waals surface area contributed by atoms with E-state index >= 15 is 0 Å². The number of hydrogen-bond donors (Lipinski definition) is 1. The Bertz CT molecular complexity index is 530. The van der Waals surface area contributed by atoms with Crippen molar-refractivity contribution in [2.24, 2.45) is 5.92 Å². The Morgan fingerprint density at radius 2 is 2.20 bits per heavy atom. The van der Waals surface area contributed by atoms with Gasteiger partial charge in [-0.15, -0.1) is 0 Å². The molecule has 1 amide bonds. The second kappa shape index (κ2) is 6.27. The van der Waals surface area contributed by atoms with Gasteiger partial charge in [0.2, 0.25) is 0 Å². The average molecular weight is 296 g/mol. The molecule has 1 aliphatic heterocycles. The smallest absolute Gasteiger partial charge is 0.303 e. The molecule has 1 atom stereocenters. The molecule has 1 unspecified atom stereocenters. The molecule has 2 rings (SSSR count). The molecule has 0 aliphatic carbocycles. The van der Waals surface area contributed by atoms with Crippen molar-refractivity contribution >= 4 is 23.5 Å². The topological polar surface area (TPSA) is 57.6 Å². The Balaban J connectivity index is 1.97. The molecule has 0 bridgehead atoms. The quantitative estimate of drug-likeness (QED) is 0.929. The summed E-state index contributed by atoms with van der Waals surface area (Å²) in [4.78, 5) is 24.7. The molecule has 0 radical (unpaired) electrons. The summed E-state index contributed by atoms with van der Waals surface area (Å²) in [5, 5.41) is 9.28. The van der Waals surface area contributed by atoms with Gasteiger partial charge in [-0.3, -0.25) is 9.59 Å². The van der Waals surface area contributed by atoms with Crippen LogP contribution in [0.4, 0.5) is 0 Å². The normalized spacial score (nSPS) is 18.3. The van der Waals surface area contributed by atoms with E-state index < -0.39 is 5.97 Å². The standard InChI is InChI=1S/C15H18ClNO3/c1-10-2-4-12(8-13(10)16)15(20)17-7-6-11(9-17)3-5-14(18)19/h2,4,8,11H,3,5-7,9H2,1H3,(H,18,19). The first-order valence-corrected chi connectivity index (χ1v) is 7.12. The number of amides is 1. The number of carboxylic acids is 1. The summed E-state index contributed by atoms with van der Waals surface area (Å²) in [6.45, 7) is 3.22. The van der Waals surface area contributed by atoms with Crippen molar-refractivity contribution in [3.63, 3.8) is 0 Å². The van der Waals surface area contributed by atoms with Crippen molar-refractivity contribution in [2.45, 2.75) is 26.2 Å². The van der Waals surface area contributed by atoms with Crippen LogP contribution in [0.1, 0.15) is 35.2 Å². The van der Waals surface area contributed by atoms with Crippen LogP contribution in [0.25, 0.3) is 0 Å². The summed E-state index contributed by atoms with van der Waals surface area (Å²) in [6.07, 6.45) is 1.68. The molecule has 1 fully saturated rings. The van der Waals surface area contributed by atoms with Gasteiger partial charge in [0.05, 0.1) is 0 Å². The van der Waals surface area contributed by atoms with Crippen LogP contribution in [0.15, 0.2) is 18.2 Å². The van der Waals surface area contributed by atoms with Crippen LogP contribution in [0.3, 0.4) is 0 Å². The first-order valence-electron chi connectivity index (χ1n) is 6.74. The minimum atomic E-state index is -0.778. The van der Waals surface area contributed by atoms with Gasteiger partial charge in [0.15, 0.2) is 0 Å². The van der Waals surface area contributed by atoms with Crippen LogP contribution in [-0.2, 0) is 4.79 Å². The van der Waals surface area contributed by atoms with Gasteiger partial charge in [-0.05, 0) is 43.4 Å². The molecule has 0 spiro atoms. The van der Waals surface area contributed by atoms with Gasteiger partial charge in [-0.1, -0.05) is 17.7 Å². The van der Waals surface area contributed by atoms with Crippen molar-refractivity contribution in [1.82, 2.24) is 4.90 Å². The third kappa shape index (κ3) is 3.51. The molecule has 1 aromatic carbocycles. The van der Waals surface area contributed by atoms with Crippen LogP contribution in [-0.4, -0.2) is 35.0 Å². The summed E-state index contributed by atoms with van der Waals surface area (Å²) < 4.78 is 0. The molecule has 1 aromatic rings. The number of halogens is 1. The summed E-state index contributed by atoms with van der Waals surface area (Å²) in [6, 6.07) is 5.32. The summed E-state index contributed by atoms with van der Waals surface area (Å²) in [7, 11) is 0. The molecule has 0 saturated carbocycles. The van der Waals surface area contributed by atoms with Gasteiger partial charge in [-0.2, -0.15) is 0 Å². The Kier molecular flexibility index (Phi) is 4.65. The van der Waals surface area contributed by atoms with E-state index in [1.807, 2.05) is 13.0 Å². The van der Waals surface area contributed by atoms with Crippen LogP contribution in [0.2, 0.25) is 5.02 Å². The zero-order valence-corrected chi connectivity index (χ0v) is 12.2. The Labute approximate surface area is 123 Å². The highest BCUT2D eigenvalue weighted by molar-refractivity contribution is 6.31. The highest BCUT2D eigenvalue weighted by Gasteiger charge is 2.27. The number of likely N-dealkylation sites (tertiary alicyclic amines) is 1. The molecule has 5 heteroatoms. The van der Waals surface area contributed by atoms with Gasteiger partial charge in [0.1, 0.15) is 0 Å². The van der Waals surface area contributed by atoms with E-state index in [1.165, 1.54) is 0 Å². The molecule has 4 nitrogen and oxygen atoms in total. The molecule has 1 heterocycles. The highest BCUT2D eigenvalue weighted by atomic mass is 35.5. The SMILES string of the molecule is Cc1ccc(C(=O)N2CCC(CCC(=O)O)C2)cc1Cl. The average Bonchev–Trinajstić information content (AvgIpc) is 2.87. The van der Waals surface area contributed by atoms with Crippen molar-refractivity contribution in [3.05, 3.63) is 34.3 Å². The molecular formula is C15H18ClNO3. The number of aliphatic carboxylic acids is 1. The lowest BCUT2D eigenvalue weighted by molar-refractivity contribution is -0.137. The maximum atomic E-state index is 12.3. The second-order valence-electron chi connectivity index (χ2n) is 5.30. The molecular weight excluding hydrogens is 278 g/mol. The Morgan fingerprint density at radius 3 is 2.85 bits per heavy atom. The number of carbonyl (C=O) groups is 2.